The Balaban J connectivity index is 2.03. The van der Waals surface area contributed by atoms with Gasteiger partial charge in [0.1, 0.15) is 31.6 Å². The van der Waals surface area contributed by atoms with Crippen LogP contribution >= 0.6 is 0 Å². The molecule has 5 heteroatoms. The van der Waals surface area contributed by atoms with Crippen LogP contribution in [0.1, 0.15) is 25.1 Å². The highest BCUT2D eigenvalue weighted by molar-refractivity contribution is 5.19. The molecule has 0 aliphatic carbocycles. The van der Waals surface area contributed by atoms with Gasteiger partial charge < -0.3 is 19.3 Å². The van der Waals surface area contributed by atoms with Crippen LogP contribution in [0.3, 0.4) is 0 Å². The molecule has 0 saturated heterocycles. The second kappa shape index (κ2) is 10.9. The molecule has 0 spiro atoms. The summed E-state index contributed by atoms with van der Waals surface area (Å²) < 4.78 is 21.3. The second-order valence-corrected chi connectivity index (χ2v) is 7.32. The summed E-state index contributed by atoms with van der Waals surface area (Å²) >= 11 is 0. The van der Waals surface area contributed by atoms with E-state index in [9.17, 15) is 9.50 Å². The molecule has 27 heavy (non-hydrogen) atoms. The monoisotopic (exact) mass is 373 g/mol. The molecule has 0 fully saturated rings. The molecule has 2 N–H and O–H groups in total. The van der Waals surface area contributed by atoms with E-state index in [1.807, 2.05) is 24.4 Å². The zero-order valence-corrected chi connectivity index (χ0v) is 16.2. The summed E-state index contributed by atoms with van der Waals surface area (Å²) in [5, 5.41) is 10.3. The molecule has 4 nitrogen and oxygen atoms in total. The average molecular weight is 373 g/mol. The van der Waals surface area contributed by atoms with Gasteiger partial charge >= 0.3 is 0 Å². The zero-order valence-electron chi connectivity index (χ0n) is 16.2. The lowest BCUT2D eigenvalue weighted by molar-refractivity contribution is -0.920. The van der Waals surface area contributed by atoms with Crippen LogP contribution in [0.15, 0.2) is 42.6 Å². The van der Waals surface area contributed by atoms with Gasteiger partial charge in [-0.2, -0.15) is 0 Å². The fraction of sp³-hybridized carbons (Fsp3) is 0.455. The zero-order chi connectivity index (χ0) is 19.6. The molecule has 1 unspecified atom stereocenters. The first-order valence-electron chi connectivity index (χ1n) is 9.39. The van der Waals surface area contributed by atoms with Crippen LogP contribution in [-0.4, -0.2) is 42.1 Å². The number of rotatable bonds is 11. The maximum atomic E-state index is 14.0. The number of hydrogen-bond acceptors (Lipinski definition) is 2. The van der Waals surface area contributed by atoms with E-state index in [4.69, 9.17) is 11.2 Å². The van der Waals surface area contributed by atoms with Crippen LogP contribution in [0.25, 0.3) is 0 Å². The van der Waals surface area contributed by atoms with E-state index in [0.717, 1.165) is 18.8 Å². The molecular weight excluding hydrogens is 343 g/mol. The standard InChI is InChI=1S/C22H29FN2O2/c1-4-12-27-17-21(26)16-24(13-18(2)3)15-20-9-7-11-25(20)14-19-8-5-6-10-22(19)23/h1,5-11,18,21,26H,12-17H2,2-3H3/p+1/t21-/m1/s1. The highest BCUT2D eigenvalue weighted by Gasteiger charge is 2.19. The van der Waals surface area contributed by atoms with Crippen molar-refractivity contribution in [3.05, 3.63) is 59.7 Å². The number of nitrogens with zero attached hydrogens (tertiary/aromatic N) is 1. The number of aliphatic hydroxyl groups is 1. The lowest BCUT2D eigenvalue weighted by atomic mass is 10.2. The minimum absolute atomic E-state index is 0.190. The highest BCUT2D eigenvalue weighted by Crippen LogP contribution is 2.11. The summed E-state index contributed by atoms with van der Waals surface area (Å²) in [6.45, 7) is 7.54. The lowest BCUT2D eigenvalue weighted by Gasteiger charge is -2.24. The third-order valence-electron chi connectivity index (χ3n) is 4.37. The Labute approximate surface area is 161 Å². The van der Waals surface area contributed by atoms with Gasteiger partial charge in [-0.1, -0.05) is 38.0 Å². The number of quaternary nitrogens is 1. The van der Waals surface area contributed by atoms with E-state index in [-0.39, 0.29) is 19.0 Å². The third-order valence-corrected chi connectivity index (χ3v) is 4.37. The van der Waals surface area contributed by atoms with E-state index in [0.29, 0.717) is 24.6 Å². The summed E-state index contributed by atoms with van der Waals surface area (Å²) in [6.07, 6.45) is 6.58. The van der Waals surface area contributed by atoms with E-state index >= 15 is 0 Å². The van der Waals surface area contributed by atoms with Crippen molar-refractivity contribution < 1.29 is 19.1 Å². The first-order valence-corrected chi connectivity index (χ1v) is 9.39. The average Bonchev–Trinajstić information content (AvgIpc) is 3.03. The van der Waals surface area contributed by atoms with Crippen molar-refractivity contribution in [3.8, 4) is 12.3 Å². The fourth-order valence-corrected chi connectivity index (χ4v) is 3.28. The van der Waals surface area contributed by atoms with Crippen LogP contribution in [0.5, 0.6) is 0 Å². The van der Waals surface area contributed by atoms with Gasteiger partial charge in [-0.15, -0.1) is 6.42 Å². The summed E-state index contributed by atoms with van der Waals surface area (Å²) in [4.78, 5) is 1.26. The summed E-state index contributed by atoms with van der Waals surface area (Å²) in [6, 6.07) is 10.9. The van der Waals surface area contributed by atoms with Crippen molar-refractivity contribution in [2.45, 2.75) is 33.0 Å². The molecule has 0 radical (unpaired) electrons. The molecular formula is C22H30FN2O2+. The molecule has 2 atom stereocenters. The Morgan fingerprint density at radius 1 is 1.22 bits per heavy atom. The molecule has 146 valence electrons. The number of halogens is 1. The molecule has 1 aromatic carbocycles. The Morgan fingerprint density at radius 2 is 2.00 bits per heavy atom. The maximum Gasteiger partial charge on any atom is 0.128 e. The first kappa shape index (κ1) is 21.2. The SMILES string of the molecule is C#CCOC[C@H](O)C[NH+](Cc1cccn1Cc1ccccc1F)CC(C)C. The summed E-state index contributed by atoms with van der Waals surface area (Å²) in [5.41, 5.74) is 1.79. The second-order valence-electron chi connectivity index (χ2n) is 7.32. The van der Waals surface area contributed by atoms with Gasteiger partial charge in [0, 0.05) is 17.7 Å². The van der Waals surface area contributed by atoms with Crippen molar-refractivity contribution in [1.29, 1.82) is 0 Å². The van der Waals surface area contributed by atoms with Crippen LogP contribution in [0.2, 0.25) is 0 Å². The number of nitrogens with one attached hydrogen (secondary N) is 1. The normalized spacial score (nSPS) is 13.5. The number of hydrogen-bond donors (Lipinski definition) is 2. The molecule has 2 aromatic rings. The van der Waals surface area contributed by atoms with Crippen molar-refractivity contribution in [2.24, 2.45) is 5.92 Å². The molecule has 2 rings (SSSR count). The smallest absolute Gasteiger partial charge is 0.128 e. The van der Waals surface area contributed by atoms with Crippen LogP contribution < -0.4 is 4.90 Å². The predicted molar refractivity (Wildman–Crippen MR) is 105 cm³/mol. The summed E-state index contributed by atoms with van der Waals surface area (Å²) in [5.74, 6) is 2.71. The van der Waals surface area contributed by atoms with Gasteiger partial charge in [-0.05, 0) is 18.2 Å². The summed E-state index contributed by atoms with van der Waals surface area (Å²) in [7, 11) is 0. The van der Waals surface area contributed by atoms with Gasteiger partial charge in [-0.25, -0.2) is 4.39 Å². The topological polar surface area (TPSA) is 38.8 Å². The molecule has 1 aromatic heterocycles. The Bertz CT molecular complexity index is 736. The van der Waals surface area contributed by atoms with Gasteiger partial charge in [0.2, 0.25) is 0 Å². The van der Waals surface area contributed by atoms with E-state index in [1.165, 1.54) is 11.0 Å². The van der Waals surface area contributed by atoms with Crippen molar-refractivity contribution >= 4 is 0 Å². The number of aliphatic hydroxyl groups excluding tert-OH is 1. The highest BCUT2D eigenvalue weighted by atomic mass is 19.1. The predicted octanol–water partition coefficient (Wildman–Crippen LogP) is 1.73. The maximum absolute atomic E-state index is 14.0. The van der Waals surface area contributed by atoms with E-state index < -0.39 is 6.10 Å². The number of terminal acetylenes is 1. The Hall–Kier alpha value is -2.13. The fourth-order valence-electron chi connectivity index (χ4n) is 3.28. The van der Waals surface area contributed by atoms with Crippen molar-refractivity contribution in [1.82, 2.24) is 4.57 Å². The lowest BCUT2D eigenvalue weighted by Crippen LogP contribution is -3.12. The van der Waals surface area contributed by atoms with E-state index in [1.54, 1.807) is 6.07 Å². The molecule has 0 aliphatic rings. The molecule has 0 amide bonds. The van der Waals surface area contributed by atoms with Crippen LogP contribution in [0, 0.1) is 24.1 Å². The number of benzene rings is 1. The van der Waals surface area contributed by atoms with Gasteiger partial charge in [0.15, 0.2) is 0 Å². The van der Waals surface area contributed by atoms with Gasteiger partial charge in [-0.3, -0.25) is 0 Å². The third kappa shape index (κ3) is 7.18. The van der Waals surface area contributed by atoms with Crippen molar-refractivity contribution in [2.75, 3.05) is 26.3 Å². The van der Waals surface area contributed by atoms with Gasteiger partial charge in [0.05, 0.1) is 25.4 Å². The van der Waals surface area contributed by atoms with Crippen LogP contribution in [-0.2, 0) is 17.8 Å². The quantitative estimate of drug-likeness (QED) is 0.465. The van der Waals surface area contributed by atoms with Gasteiger partial charge in [0.25, 0.3) is 0 Å². The first-order chi connectivity index (χ1) is 13.0. The molecule has 1 heterocycles. The van der Waals surface area contributed by atoms with Crippen LogP contribution in [0.4, 0.5) is 4.39 Å². The van der Waals surface area contributed by atoms with Crippen molar-refractivity contribution in [3.63, 3.8) is 0 Å². The minimum atomic E-state index is -0.568. The number of aromatic nitrogens is 1. The molecule has 0 bridgehead atoms. The Kier molecular flexibility index (Phi) is 8.53. The minimum Gasteiger partial charge on any atom is -0.385 e. The largest absolute Gasteiger partial charge is 0.385 e. The molecule has 0 saturated carbocycles. The number of ether oxygens (including phenoxy) is 1. The Morgan fingerprint density at radius 3 is 2.70 bits per heavy atom. The molecule has 0 aliphatic heterocycles. The van der Waals surface area contributed by atoms with E-state index in [2.05, 4.69) is 30.4 Å².